The Morgan fingerprint density at radius 3 is 2.67 bits per heavy atom. The highest BCUT2D eigenvalue weighted by molar-refractivity contribution is 7.86. The summed E-state index contributed by atoms with van der Waals surface area (Å²) in [6.45, 7) is 1.86. The lowest BCUT2D eigenvalue weighted by atomic mass is 9.84. The van der Waals surface area contributed by atoms with E-state index in [2.05, 4.69) is 0 Å². The van der Waals surface area contributed by atoms with E-state index >= 15 is 0 Å². The standard InChI is InChI=1S/C11H14O3S/c1-8-10-5-3-2-4-9(10)6-7-11(8)15(12,13)14/h2-5,8,11H,6-7H2,1H3,(H,12,13,14). The monoisotopic (exact) mass is 226 g/mol. The topological polar surface area (TPSA) is 54.4 Å². The molecular weight excluding hydrogens is 212 g/mol. The first-order chi connectivity index (χ1) is 7.00. The van der Waals surface area contributed by atoms with Gasteiger partial charge in [-0.1, -0.05) is 31.2 Å². The van der Waals surface area contributed by atoms with E-state index in [0.717, 1.165) is 12.0 Å². The van der Waals surface area contributed by atoms with Crippen molar-refractivity contribution in [2.24, 2.45) is 0 Å². The molecule has 0 radical (unpaired) electrons. The minimum absolute atomic E-state index is 0.120. The molecule has 2 atom stereocenters. The van der Waals surface area contributed by atoms with Crippen molar-refractivity contribution in [1.82, 2.24) is 0 Å². The zero-order valence-corrected chi connectivity index (χ0v) is 9.37. The van der Waals surface area contributed by atoms with Crippen LogP contribution in [0.15, 0.2) is 24.3 Å². The van der Waals surface area contributed by atoms with Crippen LogP contribution < -0.4 is 0 Å². The molecule has 0 aromatic heterocycles. The van der Waals surface area contributed by atoms with Crippen molar-refractivity contribution in [3.63, 3.8) is 0 Å². The largest absolute Gasteiger partial charge is 0.285 e. The smallest absolute Gasteiger partial charge is 0.268 e. The number of rotatable bonds is 1. The molecule has 1 aromatic carbocycles. The Morgan fingerprint density at radius 1 is 1.33 bits per heavy atom. The molecule has 0 bridgehead atoms. The van der Waals surface area contributed by atoms with Gasteiger partial charge in [-0.25, -0.2) is 0 Å². The van der Waals surface area contributed by atoms with Gasteiger partial charge in [-0.15, -0.1) is 0 Å². The van der Waals surface area contributed by atoms with Gasteiger partial charge in [-0.2, -0.15) is 8.42 Å². The number of aryl methyl sites for hydroxylation is 1. The summed E-state index contributed by atoms with van der Waals surface area (Å²) in [4.78, 5) is 0. The van der Waals surface area contributed by atoms with E-state index in [1.165, 1.54) is 5.56 Å². The highest BCUT2D eigenvalue weighted by atomic mass is 32.2. The fraction of sp³-hybridized carbons (Fsp3) is 0.455. The van der Waals surface area contributed by atoms with E-state index in [9.17, 15) is 8.42 Å². The van der Waals surface area contributed by atoms with E-state index in [-0.39, 0.29) is 5.92 Å². The van der Waals surface area contributed by atoms with E-state index in [4.69, 9.17) is 4.55 Å². The fourth-order valence-electron chi connectivity index (χ4n) is 2.36. The number of hydrogen-bond acceptors (Lipinski definition) is 2. The van der Waals surface area contributed by atoms with Crippen LogP contribution in [0.3, 0.4) is 0 Å². The van der Waals surface area contributed by atoms with Crippen molar-refractivity contribution in [1.29, 1.82) is 0 Å². The summed E-state index contributed by atoms with van der Waals surface area (Å²) in [5.41, 5.74) is 2.25. The quantitative estimate of drug-likeness (QED) is 0.745. The van der Waals surface area contributed by atoms with E-state index in [1.54, 1.807) is 0 Å². The van der Waals surface area contributed by atoms with Crippen LogP contribution in [0.4, 0.5) is 0 Å². The van der Waals surface area contributed by atoms with Crippen LogP contribution >= 0.6 is 0 Å². The highest BCUT2D eigenvalue weighted by Gasteiger charge is 2.34. The average Bonchev–Trinajstić information content (AvgIpc) is 2.16. The molecule has 4 heteroatoms. The molecule has 0 saturated heterocycles. The maximum Gasteiger partial charge on any atom is 0.268 e. The normalized spacial score (nSPS) is 26.0. The third-order valence-electron chi connectivity index (χ3n) is 3.18. The van der Waals surface area contributed by atoms with Gasteiger partial charge in [0.15, 0.2) is 0 Å². The molecule has 0 saturated carbocycles. The van der Waals surface area contributed by atoms with Gasteiger partial charge in [0, 0.05) is 5.92 Å². The highest BCUT2D eigenvalue weighted by Crippen LogP contribution is 2.34. The number of hydrogen-bond donors (Lipinski definition) is 1. The predicted molar refractivity (Wildman–Crippen MR) is 58.5 cm³/mol. The van der Waals surface area contributed by atoms with Crippen LogP contribution in [-0.2, 0) is 16.5 Å². The molecule has 2 rings (SSSR count). The van der Waals surface area contributed by atoms with Gasteiger partial charge in [0.2, 0.25) is 0 Å². The lowest BCUT2D eigenvalue weighted by molar-refractivity contribution is 0.442. The Morgan fingerprint density at radius 2 is 2.00 bits per heavy atom. The van der Waals surface area contributed by atoms with E-state index in [0.29, 0.717) is 6.42 Å². The summed E-state index contributed by atoms with van der Waals surface area (Å²) in [5.74, 6) is -0.120. The Balaban J connectivity index is 2.42. The Hall–Kier alpha value is -0.870. The summed E-state index contributed by atoms with van der Waals surface area (Å²) in [5, 5.41) is -0.646. The van der Waals surface area contributed by atoms with Crippen molar-refractivity contribution < 1.29 is 13.0 Å². The maximum atomic E-state index is 11.2. The molecule has 0 spiro atoms. The van der Waals surface area contributed by atoms with Gasteiger partial charge in [-0.05, 0) is 24.0 Å². The Labute approximate surface area is 89.9 Å². The summed E-state index contributed by atoms with van der Waals surface area (Å²) < 4.78 is 31.4. The van der Waals surface area contributed by atoms with E-state index in [1.807, 2.05) is 31.2 Å². The summed E-state index contributed by atoms with van der Waals surface area (Å²) in [6.07, 6.45) is 1.24. The number of benzene rings is 1. The maximum absolute atomic E-state index is 11.2. The van der Waals surface area contributed by atoms with Crippen LogP contribution in [0.1, 0.15) is 30.4 Å². The van der Waals surface area contributed by atoms with Crippen LogP contribution in [0, 0.1) is 0 Å². The molecule has 82 valence electrons. The first kappa shape index (κ1) is 10.6. The van der Waals surface area contributed by atoms with Crippen molar-refractivity contribution in [3.8, 4) is 0 Å². The fourth-order valence-corrected chi connectivity index (χ4v) is 3.44. The van der Waals surface area contributed by atoms with Crippen LogP contribution in [0.2, 0.25) is 0 Å². The van der Waals surface area contributed by atoms with Crippen LogP contribution in [0.5, 0.6) is 0 Å². The first-order valence-corrected chi connectivity index (χ1v) is 6.54. The molecule has 0 amide bonds. The van der Waals surface area contributed by atoms with E-state index < -0.39 is 15.4 Å². The van der Waals surface area contributed by atoms with Crippen molar-refractivity contribution in [3.05, 3.63) is 35.4 Å². The lowest BCUT2D eigenvalue weighted by Gasteiger charge is -2.28. The minimum atomic E-state index is -3.92. The van der Waals surface area contributed by atoms with Gasteiger partial charge in [0.05, 0.1) is 5.25 Å². The minimum Gasteiger partial charge on any atom is -0.285 e. The van der Waals surface area contributed by atoms with Crippen molar-refractivity contribution in [2.45, 2.75) is 30.9 Å². The first-order valence-electron chi connectivity index (χ1n) is 5.04. The second kappa shape index (κ2) is 3.61. The third-order valence-corrected chi connectivity index (χ3v) is 4.59. The van der Waals surface area contributed by atoms with Gasteiger partial charge >= 0.3 is 0 Å². The second-order valence-corrected chi connectivity index (χ2v) is 5.72. The van der Waals surface area contributed by atoms with Gasteiger partial charge in [0.25, 0.3) is 10.1 Å². The van der Waals surface area contributed by atoms with Gasteiger partial charge < -0.3 is 0 Å². The molecule has 1 N–H and O–H groups in total. The molecular formula is C11H14O3S. The van der Waals surface area contributed by atoms with Crippen LogP contribution in [0.25, 0.3) is 0 Å². The second-order valence-electron chi connectivity index (χ2n) is 4.08. The molecule has 0 fully saturated rings. The zero-order chi connectivity index (χ0) is 11.1. The Kier molecular flexibility index (Phi) is 2.56. The number of fused-ring (bicyclic) bond motifs is 1. The summed E-state index contributed by atoms with van der Waals surface area (Å²) in [7, 11) is -3.92. The lowest BCUT2D eigenvalue weighted by Crippen LogP contribution is -2.31. The summed E-state index contributed by atoms with van der Waals surface area (Å²) in [6, 6.07) is 7.82. The molecule has 1 aromatic rings. The molecule has 1 aliphatic rings. The van der Waals surface area contributed by atoms with Gasteiger partial charge in [0.1, 0.15) is 0 Å². The molecule has 1 aliphatic carbocycles. The van der Waals surface area contributed by atoms with Crippen molar-refractivity contribution >= 4 is 10.1 Å². The molecule has 15 heavy (non-hydrogen) atoms. The molecule has 0 aliphatic heterocycles. The van der Waals surface area contributed by atoms with Crippen LogP contribution in [-0.4, -0.2) is 18.2 Å². The summed E-state index contributed by atoms with van der Waals surface area (Å²) >= 11 is 0. The molecule has 0 heterocycles. The van der Waals surface area contributed by atoms with Gasteiger partial charge in [-0.3, -0.25) is 4.55 Å². The predicted octanol–water partition coefficient (Wildman–Crippen LogP) is 1.99. The Bertz CT molecular complexity index is 464. The zero-order valence-electron chi connectivity index (χ0n) is 8.55. The SMILES string of the molecule is CC1c2ccccc2CCC1S(=O)(=O)O. The third kappa shape index (κ3) is 1.92. The van der Waals surface area contributed by atoms with Crippen molar-refractivity contribution in [2.75, 3.05) is 0 Å². The molecule has 3 nitrogen and oxygen atoms in total. The average molecular weight is 226 g/mol. The molecule has 2 unspecified atom stereocenters.